The van der Waals surface area contributed by atoms with Crippen molar-refractivity contribution < 1.29 is 14.3 Å². The molecule has 0 spiro atoms. The van der Waals surface area contributed by atoms with Crippen molar-refractivity contribution in [2.45, 2.75) is 33.1 Å². The third-order valence-electron chi connectivity index (χ3n) is 5.95. The van der Waals surface area contributed by atoms with E-state index in [1.807, 2.05) is 38.1 Å². The number of carbonyl (C=O) groups excluding carboxylic acids is 2. The Hall–Kier alpha value is -3.28. The Bertz CT molecular complexity index is 1000. The zero-order valence-corrected chi connectivity index (χ0v) is 19.1. The Kier molecular flexibility index (Phi) is 6.49. The SMILES string of the molecule is COc1ccc(C2=C(Nc3ccc(N4CCCCC4)cc3)C(=O)N(CC(C)C)C2=O)cc1. The molecule has 0 atom stereocenters. The van der Waals surface area contributed by atoms with Gasteiger partial charge >= 0.3 is 0 Å². The van der Waals surface area contributed by atoms with Crippen LogP contribution in [0.5, 0.6) is 5.75 Å². The number of hydrogen-bond donors (Lipinski definition) is 1. The van der Waals surface area contributed by atoms with Crippen LogP contribution in [-0.2, 0) is 9.59 Å². The summed E-state index contributed by atoms with van der Waals surface area (Å²) < 4.78 is 5.24. The minimum atomic E-state index is -0.283. The Morgan fingerprint density at radius 3 is 2.16 bits per heavy atom. The van der Waals surface area contributed by atoms with E-state index in [1.54, 1.807) is 19.2 Å². The molecule has 0 radical (unpaired) electrons. The summed E-state index contributed by atoms with van der Waals surface area (Å²) in [6, 6.07) is 15.4. The fraction of sp³-hybridized carbons (Fsp3) is 0.385. The van der Waals surface area contributed by atoms with Gasteiger partial charge in [0.05, 0.1) is 12.7 Å². The molecule has 32 heavy (non-hydrogen) atoms. The minimum Gasteiger partial charge on any atom is -0.497 e. The largest absolute Gasteiger partial charge is 0.497 e. The van der Waals surface area contributed by atoms with Crippen LogP contribution in [0.15, 0.2) is 54.2 Å². The Morgan fingerprint density at radius 1 is 0.906 bits per heavy atom. The number of nitrogens with one attached hydrogen (secondary N) is 1. The highest BCUT2D eigenvalue weighted by atomic mass is 16.5. The monoisotopic (exact) mass is 433 g/mol. The van der Waals surface area contributed by atoms with Crippen molar-refractivity contribution in [3.63, 3.8) is 0 Å². The number of rotatable bonds is 7. The first-order valence-electron chi connectivity index (χ1n) is 11.3. The van der Waals surface area contributed by atoms with E-state index in [0.717, 1.165) is 18.8 Å². The average Bonchev–Trinajstić information content (AvgIpc) is 3.04. The number of benzene rings is 2. The Balaban J connectivity index is 1.64. The van der Waals surface area contributed by atoms with Gasteiger partial charge in [0.25, 0.3) is 11.8 Å². The standard InChI is InChI=1S/C26H31N3O3/c1-18(2)17-29-25(30)23(19-7-13-22(32-3)14-8-19)24(26(29)31)27-20-9-11-21(12-10-20)28-15-5-4-6-16-28/h7-14,18,27H,4-6,15-17H2,1-3H3. The van der Waals surface area contributed by atoms with Crippen molar-refractivity contribution >= 4 is 28.8 Å². The van der Waals surface area contributed by atoms with Crippen LogP contribution in [-0.4, -0.2) is 43.5 Å². The fourth-order valence-electron chi connectivity index (χ4n) is 4.30. The summed E-state index contributed by atoms with van der Waals surface area (Å²) in [4.78, 5) is 30.2. The van der Waals surface area contributed by atoms with Gasteiger partial charge in [-0.15, -0.1) is 0 Å². The summed E-state index contributed by atoms with van der Waals surface area (Å²) in [7, 11) is 1.60. The lowest BCUT2D eigenvalue weighted by Crippen LogP contribution is -2.35. The predicted octanol–water partition coefficient (Wildman–Crippen LogP) is 4.53. The number of anilines is 2. The minimum absolute atomic E-state index is 0.184. The van der Waals surface area contributed by atoms with Gasteiger partial charge in [-0.25, -0.2) is 0 Å². The predicted molar refractivity (Wildman–Crippen MR) is 128 cm³/mol. The van der Waals surface area contributed by atoms with E-state index in [0.29, 0.717) is 29.1 Å². The molecule has 0 aliphatic carbocycles. The van der Waals surface area contributed by atoms with Crippen molar-refractivity contribution in [1.82, 2.24) is 4.90 Å². The molecule has 6 heteroatoms. The van der Waals surface area contributed by atoms with E-state index in [-0.39, 0.29) is 17.7 Å². The topological polar surface area (TPSA) is 61.9 Å². The molecule has 2 aromatic rings. The fourth-order valence-corrected chi connectivity index (χ4v) is 4.30. The molecule has 2 amide bonds. The van der Waals surface area contributed by atoms with Gasteiger partial charge in [0.15, 0.2) is 0 Å². The zero-order chi connectivity index (χ0) is 22.7. The summed E-state index contributed by atoms with van der Waals surface area (Å²) in [5, 5.41) is 3.25. The summed E-state index contributed by atoms with van der Waals surface area (Å²) in [6.45, 7) is 6.54. The van der Waals surface area contributed by atoms with E-state index in [2.05, 4.69) is 22.3 Å². The van der Waals surface area contributed by atoms with Crippen molar-refractivity contribution in [1.29, 1.82) is 0 Å². The Morgan fingerprint density at radius 2 is 1.56 bits per heavy atom. The first-order chi connectivity index (χ1) is 15.5. The molecule has 168 valence electrons. The lowest BCUT2D eigenvalue weighted by atomic mass is 10.0. The molecule has 2 aliphatic heterocycles. The lowest BCUT2D eigenvalue weighted by molar-refractivity contribution is -0.137. The van der Waals surface area contributed by atoms with Crippen molar-refractivity contribution in [3.8, 4) is 5.75 Å². The number of hydrogen-bond acceptors (Lipinski definition) is 5. The second-order valence-electron chi connectivity index (χ2n) is 8.81. The highest BCUT2D eigenvalue weighted by Gasteiger charge is 2.39. The molecule has 2 aromatic carbocycles. The first-order valence-corrected chi connectivity index (χ1v) is 11.3. The van der Waals surface area contributed by atoms with Gasteiger partial charge in [-0.2, -0.15) is 0 Å². The van der Waals surface area contributed by atoms with Crippen LogP contribution >= 0.6 is 0 Å². The van der Waals surface area contributed by atoms with Crippen LogP contribution in [0.25, 0.3) is 5.57 Å². The smallest absolute Gasteiger partial charge is 0.278 e. The van der Waals surface area contributed by atoms with E-state index < -0.39 is 0 Å². The summed E-state index contributed by atoms with van der Waals surface area (Å²) >= 11 is 0. The Labute approximate surface area is 189 Å². The molecule has 0 saturated carbocycles. The molecular formula is C26H31N3O3. The maximum absolute atomic E-state index is 13.2. The number of imide groups is 1. The molecule has 2 aliphatic rings. The van der Waals surface area contributed by atoms with Gasteiger partial charge in [0, 0.05) is 31.0 Å². The van der Waals surface area contributed by atoms with Crippen LogP contribution in [0.4, 0.5) is 11.4 Å². The molecule has 6 nitrogen and oxygen atoms in total. The first kappa shape index (κ1) is 21.9. The van der Waals surface area contributed by atoms with Crippen molar-refractivity contribution in [2.75, 3.05) is 37.0 Å². The van der Waals surface area contributed by atoms with E-state index in [9.17, 15) is 9.59 Å². The number of ether oxygens (including phenoxy) is 1. The quantitative estimate of drug-likeness (QED) is 0.650. The number of methoxy groups -OCH3 is 1. The van der Waals surface area contributed by atoms with Gasteiger partial charge in [-0.3, -0.25) is 14.5 Å². The van der Waals surface area contributed by atoms with Gasteiger partial charge in [0.2, 0.25) is 0 Å². The average molecular weight is 434 g/mol. The molecule has 1 N–H and O–H groups in total. The molecule has 1 saturated heterocycles. The zero-order valence-electron chi connectivity index (χ0n) is 19.1. The molecule has 2 heterocycles. The normalized spacial score (nSPS) is 16.9. The van der Waals surface area contributed by atoms with E-state index in [1.165, 1.54) is 29.8 Å². The second kappa shape index (κ2) is 9.47. The molecule has 0 aromatic heterocycles. The van der Waals surface area contributed by atoms with Crippen LogP contribution in [0.2, 0.25) is 0 Å². The molecule has 0 bridgehead atoms. The van der Waals surface area contributed by atoms with Crippen LogP contribution in [0.1, 0.15) is 38.7 Å². The van der Waals surface area contributed by atoms with Gasteiger partial charge < -0.3 is 15.0 Å². The second-order valence-corrected chi connectivity index (χ2v) is 8.81. The third-order valence-corrected chi connectivity index (χ3v) is 5.95. The molecular weight excluding hydrogens is 402 g/mol. The molecule has 0 unspecified atom stereocenters. The molecule has 4 rings (SSSR count). The highest BCUT2D eigenvalue weighted by molar-refractivity contribution is 6.36. The van der Waals surface area contributed by atoms with Crippen LogP contribution in [0.3, 0.4) is 0 Å². The maximum Gasteiger partial charge on any atom is 0.278 e. The molecule has 1 fully saturated rings. The van der Waals surface area contributed by atoms with E-state index >= 15 is 0 Å². The van der Waals surface area contributed by atoms with Gasteiger partial charge in [-0.05, 0) is 67.1 Å². The number of nitrogens with zero attached hydrogens (tertiary/aromatic N) is 2. The van der Waals surface area contributed by atoms with Gasteiger partial charge in [-0.1, -0.05) is 26.0 Å². The summed E-state index contributed by atoms with van der Waals surface area (Å²) in [6.07, 6.45) is 3.74. The maximum atomic E-state index is 13.2. The summed E-state index contributed by atoms with van der Waals surface area (Å²) in [5.74, 6) is 0.340. The lowest BCUT2D eigenvalue weighted by Gasteiger charge is -2.28. The number of amides is 2. The van der Waals surface area contributed by atoms with Gasteiger partial charge in [0.1, 0.15) is 11.4 Å². The highest BCUT2D eigenvalue weighted by Crippen LogP contribution is 2.32. The van der Waals surface area contributed by atoms with Crippen molar-refractivity contribution in [3.05, 3.63) is 59.8 Å². The number of carbonyl (C=O) groups is 2. The van der Waals surface area contributed by atoms with Crippen molar-refractivity contribution in [2.24, 2.45) is 5.92 Å². The van der Waals surface area contributed by atoms with Crippen LogP contribution < -0.4 is 15.0 Å². The van der Waals surface area contributed by atoms with Crippen LogP contribution in [0, 0.1) is 5.92 Å². The third kappa shape index (κ3) is 4.49. The summed E-state index contributed by atoms with van der Waals surface area (Å²) in [5.41, 5.74) is 3.40. The number of piperidine rings is 1. The van der Waals surface area contributed by atoms with E-state index in [4.69, 9.17) is 4.74 Å².